The maximum Gasteiger partial charge on any atom is 0.270 e. The van der Waals surface area contributed by atoms with E-state index in [0.717, 1.165) is 5.39 Å². The number of aromatic nitrogens is 2. The van der Waals surface area contributed by atoms with Gasteiger partial charge in [0.1, 0.15) is 5.65 Å². The molecule has 0 unspecified atom stereocenters. The standard InChI is InChI=1S/C15H11N3O3/c1-17-14(19)9-13(12-6-3-7-16-15(12)17)10-4-2-5-11(8-10)18(20)21/h2-9H,1H3. The molecule has 0 spiro atoms. The molecule has 21 heavy (non-hydrogen) atoms. The summed E-state index contributed by atoms with van der Waals surface area (Å²) in [6.07, 6.45) is 1.61. The Morgan fingerprint density at radius 3 is 2.76 bits per heavy atom. The van der Waals surface area contributed by atoms with Crippen LogP contribution in [-0.2, 0) is 7.05 Å². The maximum absolute atomic E-state index is 12.0. The van der Waals surface area contributed by atoms with Crippen LogP contribution in [0.1, 0.15) is 0 Å². The van der Waals surface area contributed by atoms with E-state index in [2.05, 4.69) is 4.98 Å². The SMILES string of the molecule is Cn1c(=O)cc(-c2cccc([N+](=O)[O-])c2)c2cccnc21. The normalized spacial score (nSPS) is 10.7. The maximum atomic E-state index is 12.0. The molecule has 3 aromatic rings. The van der Waals surface area contributed by atoms with E-state index in [-0.39, 0.29) is 11.2 Å². The van der Waals surface area contributed by atoms with Crippen molar-refractivity contribution < 1.29 is 4.92 Å². The van der Waals surface area contributed by atoms with Crippen molar-refractivity contribution in [3.8, 4) is 11.1 Å². The van der Waals surface area contributed by atoms with E-state index in [1.54, 1.807) is 31.4 Å². The summed E-state index contributed by atoms with van der Waals surface area (Å²) in [4.78, 5) is 26.7. The first-order valence-corrected chi connectivity index (χ1v) is 6.27. The predicted octanol–water partition coefficient (Wildman–Crippen LogP) is 2.51. The molecule has 0 N–H and O–H groups in total. The molecule has 0 saturated heterocycles. The smallest absolute Gasteiger partial charge is 0.270 e. The number of benzene rings is 1. The van der Waals surface area contributed by atoms with Gasteiger partial charge in [0.15, 0.2) is 0 Å². The van der Waals surface area contributed by atoms with Gasteiger partial charge in [0.2, 0.25) is 0 Å². The number of nitro groups is 1. The molecule has 2 heterocycles. The number of non-ortho nitro benzene ring substituents is 1. The Labute approximate surface area is 119 Å². The Morgan fingerprint density at radius 1 is 1.19 bits per heavy atom. The molecule has 0 aliphatic heterocycles. The Hall–Kier alpha value is -3.02. The van der Waals surface area contributed by atoms with Gasteiger partial charge in [-0.2, -0.15) is 0 Å². The first-order chi connectivity index (χ1) is 10.1. The second-order valence-corrected chi connectivity index (χ2v) is 4.64. The van der Waals surface area contributed by atoms with Crippen molar-refractivity contribution in [1.29, 1.82) is 0 Å². The van der Waals surface area contributed by atoms with Crippen LogP contribution in [0.5, 0.6) is 0 Å². The first kappa shape index (κ1) is 13.0. The summed E-state index contributed by atoms with van der Waals surface area (Å²) in [7, 11) is 1.65. The van der Waals surface area contributed by atoms with Gasteiger partial charge in [0.05, 0.1) is 4.92 Å². The van der Waals surface area contributed by atoms with Crippen LogP contribution in [0.15, 0.2) is 53.5 Å². The van der Waals surface area contributed by atoms with Crippen LogP contribution in [0.25, 0.3) is 22.2 Å². The molecule has 0 aliphatic rings. The van der Waals surface area contributed by atoms with Crippen LogP contribution >= 0.6 is 0 Å². The van der Waals surface area contributed by atoms with Crippen molar-refractivity contribution in [2.45, 2.75) is 0 Å². The zero-order chi connectivity index (χ0) is 15.0. The first-order valence-electron chi connectivity index (χ1n) is 6.27. The van der Waals surface area contributed by atoms with E-state index in [9.17, 15) is 14.9 Å². The minimum atomic E-state index is -0.453. The van der Waals surface area contributed by atoms with Crippen LogP contribution in [0.4, 0.5) is 5.69 Å². The van der Waals surface area contributed by atoms with Crippen LogP contribution < -0.4 is 5.56 Å². The lowest BCUT2D eigenvalue weighted by Crippen LogP contribution is -2.17. The van der Waals surface area contributed by atoms with Gasteiger partial charge >= 0.3 is 0 Å². The van der Waals surface area contributed by atoms with Gasteiger partial charge in [0.25, 0.3) is 11.2 Å². The number of hydrogen-bond donors (Lipinski definition) is 0. The van der Waals surface area contributed by atoms with Crippen LogP contribution in [0.3, 0.4) is 0 Å². The van der Waals surface area contributed by atoms with E-state index >= 15 is 0 Å². The number of rotatable bonds is 2. The van der Waals surface area contributed by atoms with E-state index in [4.69, 9.17) is 0 Å². The number of nitro benzene ring substituents is 1. The summed E-state index contributed by atoms with van der Waals surface area (Å²) in [6, 6.07) is 11.3. The zero-order valence-electron chi connectivity index (χ0n) is 11.2. The van der Waals surface area contributed by atoms with E-state index in [1.807, 2.05) is 6.07 Å². The average molecular weight is 281 g/mol. The third-order valence-electron chi connectivity index (χ3n) is 3.36. The monoisotopic (exact) mass is 281 g/mol. The summed E-state index contributed by atoms with van der Waals surface area (Å²) >= 11 is 0. The zero-order valence-corrected chi connectivity index (χ0v) is 11.2. The lowest BCUT2D eigenvalue weighted by molar-refractivity contribution is -0.384. The molecule has 0 bridgehead atoms. The molecule has 0 fully saturated rings. The largest absolute Gasteiger partial charge is 0.296 e. The van der Waals surface area contributed by atoms with Crippen LogP contribution in [0.2, 0.25) is 0 Å². The van der Waals surface area contributed by atoms with Gasteiger partial charge in [-0.1, -0.05) is 12.1 Å². The van der Waals surface area contributed by atoms with Crippen molar-refractivity contribution >= 4 is 16.7 Å². The number of nitrogens with zero attached hydrogens (tertiary/aromatic N) is 3. The molecule has 2 aromatic heterocycles. The molecule has 0 atom stereocenters. The third kappa shape index (κ3) is 2.16. The fourth-order valence-corrected chi connectivity index (χ4v) is 2.30. The van der Waals surface area contributed by atoms with E-state index < -0.39 is 4.92 Å². The fourth-order valence-electron chi connectivity index (χ4n) is 2.30. The summed E-state index contributed by atoms with van der Waals surface area (Å²) in [6.45, 7) is 0. The highest BCUT2D eigenvalue weighted by Gasteiger charge is 2.12. The summed E-state index contributed by atoms with van der Waals surface area (Å²) in [5.74, 6) is 0. The van der Waals surface area contributed by atoms with Crippen molar-refractivity contribution in [1.82, 2.24) is 9.55 Å². The summed E-state index contributed by atoms with van der Waals surface area (Å²) in [5.41, 5.74) is 1.60. The molecule has 6 heteroatoms. The summed E-state index contributed by atoms with van der Waals surface area (Å²) < 4.78 is 1.45. The second-order valence-electron chi connectivity index (χ2n) is 4.64. The lowest BCUT2D eigenvalue weighted by Gasteiger charge is -2.09. The minimum absolute atomic E-state index is 0.00906. The molecule has 6 nitrogen and oxygen atoms in total. The van der Waals surface area contributed by atoms with Crippen LogP contribution in [-0.4, -0.2) is 14.5 Å². The molecule has 0 radical (unpaired) electrons. The third-order valence-corrected chi connectivity index (χ3v) is 3.36. The molecular weight excluding hydrogens is 270 g/mol. The average Bonchev–Trinajstić information content (AvgIpc) is 2.51. The molecule has 0 aliphatic carbocycles. The number of fused-ring (bicyclic) bond motifs is 1. The highest BCUT2D eigenvalue weighted by Crippen LogP contribution is 2.28. The molecular formula is C15H11N3O3. The Bertz CT molecular complexity index is 915. The van der Waals surface area contributed by atoms with E-state index in [1.165, 1.54) is 22.8 Å². The topological polar surface area (TPSA) is 78.0 Å². The number of hydrogen-bond acceptors (Lipinski definition) is 4. The van der Waals surface area contributed by atoms with Crippen molar-refractivity contribution in [3.63, 3.8) is 0 Å². The molecule has 104 valence electrons. The summed E-state index contributed by atoms with van der Waals surface area (Å²) in [5, 5.41) is 11.7. The lowest BCUT2D eigenvalue weighted by atomic mass is 10.0. The Kier molecular flexibility index (Phi) is 2.98. The quantitative estimate of drug-likeness (QED) is 0.534. The van der Waals surface area contributed by atoms with Gasteiger partial charge in [0, 0.05) is 36.8 Å². The fraction of sp³-hybridized carbons (Fsp3) is 0.0667. The molecule has 1 aromatic carbocycles. The van der Waals surface area contributed by atoms with Gasteiger partial charge in [-0.05, 0) is 23.3 Å². The second kappa shape index (κ2) is 4.82. The number of pyridine rings is 2. The minimum Gasteiger partial charge on any atom is -0.296 e. The molecule has 0 saturated carbocycles. The molecule has 0 amide bonds. The van der Waals surface area contributed by atoms with Gasteiger partial charge < -0.3 is 0 Å². The van der Waals surface area contributed by atoms with Gasteiger partial charge in [-0.3, -0.25) is 19.5 Å². The predicted molar refractivity (Wildman–Crippen MR) is 79.1 cm³/mol. The van der Waals surface area contributed by atoms with Crippen molar-refractivity contribution in [2.24, 2.45) is 7.05 Å². The Balaban J connectivity index is 2.35. The molecule has 3 rings (SSSR count). The highest BCUT2D eigenvalue weighted by molar-refractivity contribution is 5.92. The van der Waals surface area contributed by atoms with Crippen molar-refractivity contribution in [3.05, 3.63) is 69.1 Å². The van der Waals surface area contributed by atoms with Crippen LogP contribution in [0, 0.1) is 10.1 Å². The highest BCUT2D eigenvalue weighted by atomic mass is 16.6. The van der Waals surface area contributed by atoms with E-state index in [0.29, 0.717) is 16.8 Å². The van der Waals surface area contributed by atoms with Gasteiger partial charge in [-0.15, -0.1) is 0 Å². The number of aryl methyl sites for hydroxylation is 1. The van der Waals surface area contributed by atoms with Crippen molar-refractivity contribution in [2.75, 3.05) is 0 Å². The Morgan fingerprint density at radius 2 is 2.00 bits per heavy atom. The van der Waals surface area contributed by atoms with Gasteiger partial charge in [-0.25, -0.2) is 4.98 Å².